The van der Waals surface area contributed by atoms with Gasteiger partial charge in [-0.3, -0.25) is 19.1 Å². The van der Waals surface area contributed by atoms with E-state index in [-0.39, 0.29) is 37.4 Å². The number of aromatic nitrogens is 3. The second kappa shape index (κ2) is 15.2. The fourth-order valence-corrected chi connectivity index (χ4v) is 7.27. The van der Waals surface area contributed by atoms with Crippen LogP contribution in [0.2, 0.25) is 0 Å². The largest absolute Gasteiger partial charge is 0.395 e. The third kappa shape index (κ3) is 6.87. The van der Waals surface area contributed by atoms with Gasteiger partial charge in [0.25, 0.3) is 5.91 Å². The summed E-state index contributed by atoms with van der Waals surface area (Å²) < 4.78 is 1.72. The topological polar surface area (TPSA) is 156 Å². The monoisotopic (exact) mass is 704 g/mol. The van der Waals surface area contributed by atoms with Gasteiger partial charge in [-0.1, -0.05) is 66.8 Å². The fraction of sp³-hybridized carbons (Fsp3) is 0.359. The van der Waals surface area contributed by atoms with Gasteiger partial charge >= 0.3 is 0 Å². The number of aliphatic hydroxyl groups excluding tert-OH is 1. The molecule has 3 aliphatic rings. The first-order valence-corrected chi connectivity index (χ1v) is 17.8. The second-order valence-corrected chi connectivity index (χ2v) is 13.5. The number of amides is 3. The van der Waals surface area contributed by atoms with Crippen molar-refractivity contribution >= 4 is 34.8 Å². The highest BCUT2D eigenvalue weighted by Crippen LogP contribution is 2.47. The molecule has 3 aromatic carbocycles. The number of fused-ring (bicyclic) bond motifs is 1. The highest BCUT2D eigenvalue weighted by Gasteiger charge is 2.52. The molecule has 0 saturated carbocycles. The molecule has 0 aliphatic carbocycles. The van der Waals surface area contributed by atoms with Gasteiger partial charge in [0.2, 0.25) is 11.8 Å². The van der Waals surface area contributed by atoms with Crippen LogP contribution in [-0.2, 0) is 33.1 Å². The Bertz CT molecular complexity index is 1950. The number of allylic oxidation sites excluding steroid dienone is 1. The number of aryl methyl sites for hydroxylation is 1. The molecule has 4 N–H and O–H groups in total. The molecular weight excluding hydrogens is 660 g/mol. The van der Waals surface area contributed by atoms with E-state index in [2.05, 4.69) is 20.9 Å². The van der Waals surface area contributed by atoms with Gasteiger partial charge in [-0.15, -0.1) is 5.10 Å². The number of nitrogens with one attached hydrogen (secondary N) is 2. The van der Waals surface area contributed by atoms with Crippen LogP contribution in [0.5, 0.6) is 0 Å². The first kappa shape index (κ1) is 35.2. The molecule has 0 spiro atoms. The fourth-order valence-electron chi connectivity index (χ4n) is 7.27. The van der Waals surface area contributed by atoms with Crippen molar-refractivity contribution < 1.29 is 24.6 Å². The summed E-state index contributed by atoms with van der Waals surface area (Å²) in [5.74, 6) is -1.38. The van der Waals surface area contributed by atoms with Crippen LogP contribution >= 0.6 is 0 Å². The Morgan fingerprint density at radius 3 is 2.25 bits per heavy atom. The summed E-state index contributed by atoms with van der Waals surface area (Å²) in [6.45, 7) is 5.44. The van der Waals surface area contributed by atoms with Crippen LogP contribution in [0, 0.1) is 5.92 Å². The first-order valence-electron chi connectivity index (χ1n) is 17.8. The molecule has 7 rings (SSSR count). The number of nitrogens with zero attached hydrogens (tertiary/aromatic N) is 6. The number of piperazine rings is 2. The molecule has 1 aromatic heterocycles. The lowest BCUT2D eigenvalue weighted by molar-refractivity contribution is -0.139. The van der Waals surface area contributed by atoms with Gasteiger partial charge in [0, 0.05) is 61.8 Å². The van der Waals surface area contributed by atoms with Crippen LogP contribution in [-0.4, -0.2) is 88.8 Å². The summed E-state index contributed by atoms with van der Waals surface area (Å²) >= 11 is 0. The van der Waals surface area contributed by atoms with Crippen molar-refractivity contribution in [2.45, 2.75) is 38.0 Å². The van der Waals surface area contributed by atoms with Crippen molar-refractivity contribution in [3.05, 3.63) is 114 Å². The SMILES string of the molecule is C[C@H](/C=C/CCn1cc(C(CO)c2ccccc2)nn1)[C@@]1(O)C(=O)N(Cc2ccc(N3CCNCC3=O)cc2)c2ccc(N3CCNCC3=O)cc21. The number of rotatable bonds is 12. The van der Waals surface area contributed by atoms with Crippen LogP contribution < -0.4 is 25.3 Å². The molecule has 0 radical (unpaired) electrons. The molecule has 0 bridgehead atoms. The van der Waals surface area contributed by atoms with Crippen molar-refractivity contribution in [3.63, 3.8) is 0 Å². The molecule has 2 fully saturated rings. The maximum atomic E-state index is 14.4. The molecule has 270 valence electrons. The van der Waals surface area contributed by atoms with E-state index in [9.17, 15) is 24.6 Å². The van der Waals surface area contributed by atoms with Crippen LogP contribution in [0.15, 0.2) is 91.1 Å². The van der Waals surface area contributed by atoms with Gasteiger partial charge in [-0.2, -0.15) is 0 Å². The Morgan fingerprint density at radius 1 is 0.904 bits per heavy atom. The standard InChI is InChI=1S/C39H44N8O5/c1-27(7-5-6-18-44-25-34(42-43-44)32(26-48)29-8-3-2-4-9-29)39(52)33-21-31(46-20-17-41-23-37(46)50)14-15-35(33)47(38(39)51)24-28-10-12-30(13-11-28)45-19-16-40-22-36(45)49/h2-5,7-15,21,25,27,32,40-41,48,52H,6,16-20,22-24,26H2,1H3/b7-5+/t27-,32?,39+/m1/s1. The molecule has 3 atom stereocenters. The zero-order chi connectivity index (χ0) is 36.2. The van der Waals surface area contributed by atoms with Gasteiger partial charge in [0.1, 0.15) is 0 Å². The minimum absolute atomic E-state index is 0.0120. The second-order valence-electron chi connectivity index (χ2n) is 13.5. The van der Waals surface area contributed by atoms with E-state index in [1.807, 2.05) is 92.0 Å². The molecule has 4 heterocycles. The molecule has 3 amide bonds. The number of aliphatic hydroxyl groups is 2. The Labute approximate surface area is 302 Å². The summed E-state index contributed by atoms with van der Waals surface area (Å²) in [5, 5.41) is 37.2. The summed E-state index contributed by atoms with van der Waals surface area (Å²) in [4.78, 5) is 44.6. The molecule has 4 aromatic rings. The average molecular weight is 705 g/mol. The smallest absolute Gasteiger partial charge is 0.264 e. The predicted octanol–water partition coefficient (Wildman–Crippen LogP) is 2.29. The predicted molar refractivity (Wildman–Crippen MR) is 197 cm³/mol. The van der Waals surface area contributed by atoms with E-state index in [4.69, 9.17) is 0 Å². The van der Waals surface area contributed by atoms with Gasteiger partial charge < -0.3 is 35.5 Å². The summed E-state index contributed by atoms with van der Waals surface area (Å²) in [6.07, 6.45) is 6.19. The van der Waals surface area contributed by atoms with E-state index >= 15 is 0 Å². The lowest BCUT2D eigenvalue weighted by Crippen LogP contribution is -2.48. The third-order valence-corrected chi connectivity index (χ3v) is 10.2. The molecule has 3 aliphatic heterocycles. The zero-order valence-electron chi connectivity index (χ0n) is 29.2. The first-order chi connectivity index (χ1) is 25.3. The van der Waals surface area contributed by atoms with Crippen LogP contribution in [0.4, 0.5) is 17.1 Å². The quantitative estimate of drug-likeness (QED) is 0.163. The van der Waals surface area contributed by atoms with Gasteiger partial charge in [0.15, 0.2) is 5.60 Å². The van der Waals surface area contributed by atoms with E-state index in [1.54, 1.807) is 25.4 Å². The normalized spacial score (nSPS) is 20.5. The molecule has 1 unspecified atom stereocenters. The van der Waals surface area contributed by atoms with Crippen molar-refractivity contribution in [2.75, 3.05) is 60.6 Å². The van der Waals surface area contributed by atoms with Gasteiger partial charge in [-0.05, 0) is 47.9 Å². The Hall–Kier alpha value is -5.21. The van der Waals surface area contributed by atoms with Crippen molar-refractivity contribution in [1.82, 2.24) is 25.6 Å². The van der Waals surface area contributed by atoms with E-state index in [0.717, 1.165) is 23.4 Å². The number of hydrogen-bond acceptors (Lipinski definition) is 9. The van der Waals surface area contributed by atoms with Crippen molar-refractivity contribution in [3.8, 4) is 0 Å². The molecule has 2 saturated heterocycles. The maximum Gasteiger partial charge on any atom is 0.264 e. The minimum atomic E-state index is -1.88. The highest BCUT2D eigenvalue weighted by atomic mass is 16.3. The number of hydrogen-bond donors (Lipinski definition) is 4. The number of carbonyl (C=O) groups excluding carboxylic acids is 3. The number of carbonyl (C=O) groups is 3. The van der Waals surface area contributed by atoms with E-state index < -0.39 is 17.4 Å². The molecule has 13 heteroatoms. The molecule has 13 nitrogen and oxygen atoms in total. The zero-order valence-corrected chi connectivity index (χ0v) is 29.2. The third-order valence-electron chi connectivity index (χ3n) is 10.2. The Balaban J connectivity index is 1.10. The highest BCUT2D eigenvalue weighted by molar-refractivity contribution is 6.08. The lowest BCUT2D eigenvalue weighted by Gasteiger charge is -2.30. The summed E-state index contributed by atoms with van der Waals surface area (Å²) in [5.41, 5.74) is 3.10. The van der Waals surface area contributed by atoms with Crippen LogP contribution in [0.25, 0.3) is 0 Å². The number of anilines is 3. The van der Waals surface area contributed by atoms with Gasteiger partial charge in [-0.25, -0.2) is 0 Å². The van der Waals surface area contributed by atoms with E-state index in [0.29, 0.717) is 61.8 Å². The number of benzene rings is 3. The Kier molecular flexibility index (Phi) is 10.3. The van der Waals surface area contributed by atoms with Crippen molar-refractivity contribution in [1.29, 1.82) is 0 Å². The van der Waals surface area contributed by atoms with Crippen molar-refractivity contribution in [2.24, 2.45) is 5.92 Å². The molecule has 52 heavy (non-hydrogen) atoms. The lowest BCUT2D eigenvalue weighted by atomic mass is 9.82. The maximum absolute atomic E-state index is 14.4. The average Bonchev–Trinajstić information content (AvgIpc) is 3.72. The van der Waals surface area contributed by atoms with E-state index in [1.165, 1.54) is 0 Å². The van der Waals surface area contributed by atoms with Crippen LogP contribution in [0.3, 0.4) is 0 Å². The minimum Gasteiger partial charge on any atom is -0.395 e. The van der Waals surface area contributed by atoms with Crippen LogP contribution in [0.1, 0.15) is 41.6 Å². The summed E-state index contributed by atoms with van der Waals surface area (Å²) in [7, 11) is 0. The Morgan fingerprint density at radius 2 is 1.58 bits per heavy atom. The van der Waals surface area contributed by atoms with Gasteiger partial charge in [0.05, 0.1) is 43.5 Å². The molecular formula is C39H44N8O5. The summed E-state index contributed by atoms with van der Waals surface area (Å²) in [6, 6.07) is 22.7.